The summed E-state index contributed by atoms with van der Waals surface area (Å²) in [5.41, 5.74) is -1.89. The highest BCUT2D eigenvalue weighted by Gasteiger charge is 2.51. The van der Waals surface area contributed by atoms with Crippen LogP contribution in [0.25, 0.3) is 0 Å². The first-order valence-corrected chi connectivity index (χ1v) is 9.63. The Labute approximate surface area is 178 Å². The molecule has 0 saturated carbocycles. The van der Waals surface area contributed by atoms with Crippen molar-refractivity contribution in [1.29, 1.82) is 0 Å². The van der Waals surface area contributed by atoms with E-state index in [0.717, 1.165) is 23.1 Å². The number of imide groups is 1. The molecule has 3 rings (SSSR count). The predicted octanol–water partition coefficient (Wildman–Crippen LogP) is 4.26. The number of carbonyl (C=O) groups is 3. The standard InChI is InChI=1S/C20H17BrF3N3O3/c1-11(16(28)25-15-8-4-6-13(10-15)20(22,23)24)27-17(29)19(2,26-18(27)30)12-5-3-7-14(21)9-12/h3-11H,1-2H3,(H,25,28)(H,26,30)/t11-,19-/m1/s1. The third-order valence-electron chi connectivity index (χ3n) is 4.85. The molecule has 2 atom stereocenters. The first-order valence-electron chi connectivity index (χ1n) is 8.83. The molecule has 2 aromatic carbocycles. The van der Waals surface area contributed by atoms with Gasteiger partial charge in [-0.25, -0.2) is 9.69 Å². The summed E-state index contributed by atoms with van der Waals surface area (Å²) in [6.45, 7) is 2.85. The topological polar surface area (TPSA) is 78.5 Å². The number of nitrogens with zero attached hydrogens (tertiary/aromatic N) is 1. The predicted molar refractivity (Wildman–Crippen MR) is 106 cm³/mol. The van der Waals surface area contributed by atoms with Gasteiger partial charge in [-0.15, -0.1) is 0 Å². The minimum Gasteiger partial charge on any atom is -0.324 e. The molecule has 0 bridgehead atoms. The molecule has 0 unspecified atom stereocenters. The maximum absolute atomic E-state index is 13.0. The number of hydrogen-bond acceptors (Lipinski definition) is 3. The Morgan fingerprint density at radius 3 is 2.47 bits per heavy atom. The van der Waals surface area contributed by atoms with Crippen LogP contribution in [-0.2, 0) is 21.3 Å². The molecule has 1 fully saturated rings. The van der Waals surface area contributed by atoms with Crippen LogP contribution >= 0.6 is 15.9 Å². The molecule has 0 radical (unpaired) electrons. The van der Waals surface area contributed by atoms with E-state index in [1.165, 1.54) is 19.9 Å². The van der Waals surface area contributed by atoms with Crippen molar-refractivity contribution in [3.63, 3.8) is 0 Å². The van der Waals surface area contributed by atoms with E-state index in [0.29, 0.717) is 10.0 Å². The van der Waals surface area contributed by atoms with Crippen molar-refractivity contribution in [2.24, 2.45) is 0 Å². The van der Waals surface area contributed by atoms with E-state index in [1.54, 1.807) is 24.3 Å². The maximum Gasteiger partial charge on any atom is 0.416 e. The number of anilines is 1. The Morgan fingerprint density at radius 2 is 1.83 bits per heavy atom. The van der Waals surface area contributed by atoms with Crippen molar-refractivity contribution in [3.05, 3.63) is 64.1 Å². The summed E-state index contributed by atoms with van der Waals surface area (Å²) < 4.78 is 39.3. The van der Waals surface area contributed by atoms with Gasteiger partial charge in [0.1, 0.15) is 11.6 Å². The van der Waals surface area contributed by atoms with Gasteiger partial charge in [0.25, 0.3) is 5.91 Å². The summed E-state index contributed by atoms with van der Waals surface area (Å²) in [4.78, 5) is 38.9. The van der Waals surface area contributed by atoms with E-state index in [1.807, 2.05) is 0 Å². The van der Waals surface area contributed by atoms with E-state index in [-0.39, 0.29) is 5.69 Å². The molecular formula is C20H17BrF3N3O3. The summed E-state index contributed by atoms with van der Waals surface area (Å²) in [6, 6.07) is 8.89. The van der Waals surface area contributed by atoms with Crippen LogP contribution in [0.2, 0.25) is 0 Å². The van der Waals surface area contributed by atoms with Crippen LogP contribution in [-0.4, -0.2) is 28.8 Å². The molecule has 158 valence electrons. The van der Waals surface area contributed by atoms with E-state index in [2.05, 4.69) is 26.6 Å². The SMILES string of the molecule is C[C@H](C(=O)Nc1cccc(C(F)(F)F)c1)N1C(=O)N[C@](C)(c2cccc(Br)c2)C1=O. The molecule has 1 aliphatic rings. The highest BCUT2D eigenvalue weighted by Crippen LogP contribution is 2.33. The fourth-order valence-corrected chi connectivity index (χ4v) is 3.54. The maximum atomic E-state index is 13.0. The van der Waals surface area contributed by atoms with Crippen molar-refractivity contribution in [1.82, 2.24) is 10.2 Å². The number of nitrogens with one attached hydrogen (secondary N) is 2. The average Bonchev–Trinajstić information content (AvgIpc) is 2.90. The Hall–Kier alpha value is -2.88. The van der Waals surface area contributed by atoms with Crippen LogP contribution in [0.5, 0.6) is 0 Å². The minimum atomic E-state index is -4.57. The van der Waals surface area contributed by atoms with Crippen LogP contribution in [0, 0.1) is 0 Å². The lowest BCUT2D eigenvalue weighted by Gasteiger charge is -2.24. The lowest BCUT2D eigenvalue weighted by atomic mass is 9.92. The van der Waals surface area contributed by atoms with Crippen LogP contribution in [0.3, 0.4) is 0 Å². The minimum absolute atomic E-state index is 0.0940. The second kappa shape index (κ2) is 7.75. The Kier molecular flexibility index (Phi) is 5.64. The molecular weight excluding hydrogens is 467 g/mol. The third kappa shape index (κ3) is 4.04. The molecule has 10 heteroatoms. The second-order valence-electron chi connectivity index (χ2n) is 6.98. The van der Waals surface area contributed by atoms with Crippen molar-refractivity contribution in [2.75, 3.05) is 5.32 Å². The number of benzene rings is 2. The number of urea groups is 1. The first kappa shape index (κ1) is 21.8. The molecule has 0 aliphatic carbocycles. The fraction of sp³-hybridized carbons (Fsp3) is 0.250. The number of hydrogen-bond donors (Lipinski definition) is 2. The van der Waals surface area contributed by atoms with E-state index in [9.17, 15) is 27.6 Å². The summed E-state index contributed by atoms with van der Waals surface area (Å²) in [6.07, 6.45) is -4.57. The molecule has 6 nitrogen and oxygen atoms in total. The van der Waals surface area contributed by atoms with Gasteiger partial charge in [-0.2, -0.15) is 13.2 Å². The molecule has 2 aromatic rings. The largest absolute Gasteiger partial charge is 0.416 e. The van der Waals surface area contributed by atoms with Crippen LogP contribution in [0.4, 0.5) is 23.7 Å². The van der Waals surface area contributed by atoms with Crippen LogP contribution < -0.4 is 10.6 Å². The Bertz CT molecular complexity index is 1030. The van der Waals surface area contributed by atoms with Gasteiger partial charge in [0, 0.05) is 10.2 Å². The van der Waals surface area contributed by atoms with Gasteiger partial charge in [-0.3, -0.25) is 9.59 Å². The smallest absolute Gasteiger partial charge is 0.324 e. The van der Waals surface area contributed by atoms with Gasteiger partial charge in [0.2, 0.25) is 5.91 Å². The lowest BCUT2D eigenvalue weighted by molar-refractivity contribution is -0.137. The molecule has 1 heterocycles. The summed E-state index contributed by atoms with van der Waals surface area (Å²) in [7, 11) is 0. The second-order valence-corrected chi connectivity index (χ2v) is 7.90. The zero-order valence-electron chi connectivity index (χ0n) is 15.9. The van der Waals surface area contributed by atoms with Gasteiger partial charge in [-0.05, 0) is 49.7 Å². The number of carbonyl (C=O) groups excluding carboxylic acids is 3. The van der Waals surface area contributed by atoms with Gasteiger partial charge in [0.05, 0.1) is 5.56 Å². The molecule has 0 aromatic heterocycles. The van der Waals surface area contributed by atoms with Crippen LogP contribution in [0.15, 0.2) is 53.0 Å². The lowest BCUT2D eigenvalue weighted by Crippen LogP contribution is -2.47. The molecule has 2 N–H and O–H groups in total. The molecule has 1 saturated heterocycles. The average molecular weight is 484 g/mol. The normalized spacial score (nSPS) is 20.1. The monoisotopic (exact) mass is 483 g/mol. The zero-order chi connectivity index (χ0) is 22.3. The molecule has 0 spiro atoms. The highest BCUT2D eigenvalue weighted by molar-refractivity contribution is 9.10. The van der Waals surface area contributed by atoms with Gasteiger partial charge >= 0.3 is 12.2 Å². The van der Waals surface area contributed by atoms with Crippen molar-refractivity contribution >= 4 is 39.5 Å². The Balaban J connectivity index is 1.81. The number of rotatable bonds is 4. The quantitative estimate of drug-likeness (QED) is 0.637. The van der Waals surface area contributed by atoms with E-state index in [4.69, 9.17) is 0 Å². The highest BCUT2D eigenvalue weighted by atomic mass is 79.9. The van der Waals surface area contributed by atoms with Gasteiger partial charge < -0.3 is 10.6 Å². The van der Waals surface area contributed by atoms with Crippen molar-refractivity contribution in [3.8, 4) is 0 Å². The molecule has 1 aliphatic heterocycles. The van der Waals surface area contributed by atoms with Gasteiger partial charge in [0.15, 0.2) is 0 Å². The summed E-state index contributed by atoms with van der Waals surface area (Å²) >= 11 is 3.31. The summed E-state index contributed by atoms with van der Waals surface area (Å²) in [5, 5.41) is 4.92. The van der Waals surface area contributed by atoms with Crippen molar-refractivity contribution in [2.45, 2.75) is 31.6 Å². The van der Waals surface area contributed by atoms with E-state index >= 15 is 0 Å². The number of amides is 4. The molecule has 30 heavy (non-hydrogen) atoms. The Morgan fingerprint density at radius 1 is 1.17 bits per heavy atom. The summed E-state index contributed by atoms with van der Waals surface area (Å²) in [5.74, 6) is -1.44. The van der Waals surface area contributed by atoms with Crippen molar-refractivity contribution < 1.29 is 27.6 Å². The van der Waals surface area contributed by atoms with Gasteiger partial charge in [-0.1, -0.05) is 34.1 Å². The zero-order valence-corrected chi connectivity index (χ0v) is 17.5. The first-order chi connectivity index (χ1) is 13.9. The number of alkyl halides is 3. The molecule has 4 amide bonds. The van der Waals surface area contributed by atoms with E-state index < -0.39 is 41.2 Å². The number of halogens is 4. The van der Waals surface area contributed by atoms with Crippen LogP contribution in [0.1, 0.15) is 25.0 Å². The fourth-order valence-electron chi connectivity index (χ4n) is 3.14. The third-order valence-corrected chi connectivity index (χ3v) is 5.34.